The van der Waals surface area contributed by atoms with Gasteiger partial charge in [0.25, 0.3) is 0 Å². The number of halogens is 2. The number of rotatable bonds is 6. The fraction of sp³-hybridized carbons (Fsp3) is 0.393. The summed E-state index contributed by atoms with van der Waals surface area (Å²) in [6.07, 6.45) is 2.16. The summed E-state index contributed by atoms with van der Waals surface area (Å²) >= 11 is 12.7. The monoisotopic (exact) mass is 512 g/mol. The molecule has 0 unspecified atom stereocenters. The minimum absolute atomic E-state index is 0.0848. The first-order chi connectivity index (χ1) is 16.6. The Morgan fingerprint density at radius 2 is 1.83 bits per heavy atom. The lowest BCUT2D eigenvalue weighted by atomic mass is 9.76. The van der Waals surface area contributed by atoms with Gasteiger partial charge >= 0.3 is 5.97 Å². The van der Waals surface area contributed by atoms with E-state index in [0.29, 0.717) is 33.6 Å². The van der Waals surface area contributed by atoms with Crippen molar-refractivity contribution in [1.29, 1.82) is 0 Å². The predicted molar refractivity (Wildman–Crippen MR) is 141 cm³/mol. The molecule has 0 radical (unpaired) electrons. The van der Waals surface area contributed by atoms with Crippen molar-refractivity contribution in [1.82, 2.24) is 10.3 Å². The van der Waals surface area contributed by atoms with Gasteiger partial charge in [-0.15, -0.1) is 0 Å². The molecule has 1 amide bonds. The van der Waals surface area contributed by atoms with Crippen molar-refractivity contribution >= 4 is 46.0 Å². The van der Waals surface area contributed by atoms with Crippen LogP contribution in [0.5, 0.6) is 0 Å². The first-order valence-electron chi connectivity index (χ1n) is 11.8. The quantitative estimate of drug-likeness (QED) is 0.383. The molecule has 35 heavy (non-hydrogen) atoms. The minimum Gasteiger partial charge on any atom is -0.467 e. The summed E-state index contributed by atoms with van der Waals surface area (Å²) in [5.74, 6) is -0.212. The normalized spacial score (nSPS) is 19.9. The number of carbonyl (C=O) groups excluding carboxylic acids is 2. The van der Waals surface area contributed by atoms with Gasteiger partial charge in [0.15, 0.2) is 0 Å². The maximum Gasteiger partial charge on any atom is 0.328 e. The standard InChI is InChI=1S/C28H30Cl2N2O3/c1-16-8-11-19(28(16,2)3)26(33)32-24(27(34)35-4)15-17-9-12-22-18(14-17)10-13-23(31-22)25-20(29)6-5-7-21(25)30/h5-7,9-10,12-14,16,19,24H,8,11,15H2,1-4H3,(H,32,33)/t16-,19-,24+/m1/s1. The number of carbonyl (C=O) groups is 2. The smallest absolute Gasteiger partial charge is 0.328 e. The fourth-order valence-corrected chi connectivity index (χ4v) is 5.59. The van der Waals surface area contributed by atoms with Crippen molar-refractivity contribution in [2.75, 3.05) is 7.11 Å². The number of methoxy groups -OCH3 is 1. The summed E-state index contributed by atoms with van der Waals surface area (Å²) in [6, 6.07) is 14.2. The third-order valence-electron chi connectivity index (χ3n) is 7.59. The van der Waals surface area contributed by atoms with Gasteiger partial charge in [-0.3, -0.25) is 4.79 Å². The highest BCUT2D eigenvalue weighted by atomic mass is 35.5. The average Bonchev–Trinajstić information content (AvgIpc) is 3.10. The number of amides is 1. The number of aromatic nitrogens is 1. The summed E-state index contributed by atoms with van der Waals surface area (Å²) in [4.78, 5) is 30.4. The molecule has 5 nitrogen and oxygen atoms in total. The highest BCUT2D eigenvalue weighted by Crippen LogP contribution is 2.47. The molecule has 0 saturated heterocycles. The molecular formula is C28H30Cl2N2O3. The second-order valence-corrected chi connectivity index (χ2v) is 10.8. The van der Waals surface area contributed by atoms with E-state index in [1.807, 2.05) is 30.3 Å². The molecule has 1 heterocycles. The number of hydrogen-bond donors (Lipinski definition) is 1. The number of nitrogens with zero attached hydrogens (tertiary/aromatic N) is 1. The Hall–Kier alpha value is -2.63. The van der Waals surface area contributed by atoms with Crippen molar-refractivity contribution < 1.29 is 14.3 Å². The third-order valence-corrected chi connectivity index (χ3v) is 8.22. The number of ether oxygens (including phenoxy) is 1. The van der Waals surface area contributed by atoms with Crippen LogP contribution in [0.2, 0.25) is 10.0 Å². The van der Waals surface area contributed by atoms with Crippen molar-refractivity contribution in [2.24, 2.45) is 17.3 Å². The Labute approximate surface area is 216 Å². The second-order valence-electron chi connectivity index (χ2n) is 9.96. The van der Waals surface area contributed by atoms with Gasteiger partial charge < -0.3 is 10.1 Å². The van der Waals surface area contributed by atoms with Crippen molar-refractivity contribution in [2.45, 2.75) is 46.1 Å². The van der Waals surface area contributed by atoms with Crippen LogP contribution in [0, 0.1) is 17.3 Å². The molecule has 2 aromatic carbocycles. The topological polar surface area (TPSA) is 68.3 Å². The Balaban J connectivity index is 1.56. The van der Waals surface area contributed by atoms with Crippen LogP contribution in [-0.4, -0.2) is 30.0 Å². The van der Waals surface area contributed by atoms with Crippen molar-refractivity contribution in [3.8, 4) is 11.3 Å². The summed E-state index contributed by atoms with van der Waals surface area (Å²) in [5, 5.41) is 4.96. The van der Waals surface area contributed by atoms with Crippen molar-refractivity contribution in [3.63, 3.8) is 0 Å². The lowest BCUT2D eigenvalue weighted by Gasteiger charge is -2.31. The maximum absolute atomic E-state index is 13.1. The second kappa shape index (κ2) is 10.2. The molecule has 3 atom stereocenters. The molecule has 0 bridgehead atoms. The molecule has 1 N–H and O–H groups in total. The van der Waals surface area contributed by atoms with Gasteiger partial charge in [-0.25, -0.2) is 9.78 Å². The number of fused-ring (bicyclic) bond motifs is 1. The molecule has 1 saturated carbocycles. The third kappa shape index (κ3) is 5.17. The van der Waals surface area contributed by atoms with E-state index >= 15 is 0 Å². The van der Waals surface area contributed by atoms with Crippen LogP contribution in [0.3, 0.4) is 0 Å². The van der Waals surface area contributed by atoms with E-state index in [4.69, 9.17) is 32.9 Å². The van der Waals surface area contributed by atoms with Gasteiger partial charge in [0.1, 0.15) is 6.04 Å². The molecule has 1 aromatic heterocycles. The summed E-state index contributed by atoms with van der Waals surface area (Å²) in [7, 11) is 1.34. The highest BCUT2D eigenvalue weighted by molar-refractivity contribution is 6.39. The van der Waals surface area contributed by atoms with Gasteiger partial charge in [-0.05, 0) is 60.1 Å². The zero-order chi connectivity index (χ0) is 25.3. The van der Waals surface area contributed by atoms with Crippen LogP contribution < -0.4 is 5.32 Å². The zero-order valence-corrected chi connectivity index (χ0v) is 21.9. The number of nitrogens with one attached hydrogen (secondary N) is 1. The van der Waals surface area contributed by atoms with Crippen LogP contribution in [0.1, 0.15) is 39.2 Å². The number of pyridine rings is 1. The van der Waals surface area contributed by atoms with Crippen LogP contribution in [0.4, 0.5) is 0 Å². The molecule has 4 rings (SSSR count). The maximum atomic E-state index is 13.1. The predicted octanol–water partition coefficient (Wildman–Crippen LogP) is 6.48. The van der Waals surface area contributed by atoms with Gasteiger partial charge in [-0.2, -0.15) is 0 Å². The molecule has 3 aromatic rings. The van der Waals surface area contributed by atoms with E-state index in [2.05, 4.69) is 26.1 Å². The zero-order valence-electron chi connectivity index (χ0n) is 20.4. The van der Waals surface area contributed by atoms with E-state index in [1.54, 1.807) is 18.2 Å². The largest absolute Gasteiger partial charge is 0.467 e. The van der Waals surface area contributed by atoms with Crippen molar-refractivity contribution in [3.05, 3.63) is 64.1 Å². The lowest BCUT2D eigenvalue weighted by molar-refractivity contribution is -0.146. The fourth-order valence-electron chi connectivity index (χ4n) is 5.00. The van der Waals surface area contributed by atoms with E-state index < -0.39 is 12.0 Å². The van der Waals surface area contributed by atoms with E-state index in [9.17, 15) is 9.59 Å². The SMILES string of the molecule is COC(=O)[C@H](Cc1ccc2nc(-c3c(Cl)cccc3Cl)ccc2c1)NC(=O)[C@H]1CC[C@@H](C)C1(C)C. The Morgan fingerprint density at radius 3 is 2.46 bits per heavy atom. The molecular weight excluding hydrogens is 483 g/mol. The molecule has 7 heteroatoms. The van der Waals surface area contributed by atoms with Crippen LogP contribution in [-0.2, 0) is 20.7 Å². The lowest BCUT2D eigenvalue weighted by Crippen LogP contribution is -2.47. The van der Waals surface area contributed by atoms with E-state index in [0.717, 1.165) is 29.3 Å². The van der Waals surface area contributed by atoms with Gasteiger partial charge in [0.2, 0.25) is 5.91 Å². The molecule has 1 aliphatic carbocycles. The first-order valence-corrected chi connectivity index (χ1v) is 12.6. The van der Waals surface area contributed by atoms with Gasteiger partial charge in [-0.1, -0.05) is 62.2 Å². The highest BCUT2D eigenvalue weighted by Gasteiger charge is 2.45. The molecule has 0 aliphatic heterocycles. The van der Waals surface area contributed by atoms with Gasteiger partial charge in [0.05, 0.1) is 28.4 Å². The number of hydrogen-bond acceptors (Lipinski definition) is 4. The molecule has 1 fully saturated rings. The number of benzene rings is 2. The van der Waals surface area contributed by atoms with Crippen LogP contribution >= 0.6 is 23.2 Å². The van der Waals surface area contributed by atoms with Gasteiger partial charge in [0, 0.05) is 23.3 Å². The summed E-state index contributed by atoms with van der Waals surface area (Å²) in [5.41, 5.74) is 2.95. The van der Waals surface area contributed by atoms with E-state index in [1.165, 1.54) is 7.11 Å². The summed E-state index contributed by atoms with van der Waals surface area (Å²) < 4.78 is 5.00. The van der Waals surface area contributed by atoms with Crippen LogP contribution in [0.25, 0.3) is 22.2 Å². The van der Waals surface area contributed by atoms with Crippen LogP contribution in [0.15, 0.2) is 48.5 Å². The molecule has 184 valence electrons. The average molecular weight is 513 g/mol. The Bertz CT molecular complexity index is 1250. The first kappa shape index (κ1) is 25.5. The minimum atomic E-state index is -0.758. The number of esters is 1. The molecule has 0 spiro atoms. The molecule has 1 aliphatic rings. The summed E-state index contributed by atoms with van der Waals surface area (Å²) in [6.45, 7) is 6.43. The van der Waals surface area contributed by atoms with E-state index in [-0.39, 0.29) is 17.2 Å². The Morgan fingerprint density at radius 1 is 1.11 bits per heavy atom. The Kier molecular flexibility index (Phi) is 7.39.